The van der Waals surface area contributed by atoms with Crippen LogP contribution in [0.4, 0.5) is 8.78 Å². The number of hydrogen-bond acceptors (Lipinski definition) is 2. The van der Waals surface area contributed by atoms with Gasteiger partial charge >= 0.3 is 5.97 Å². The molecule has 0 amide bonds. The van der Waals surface area contributed by atoms with Gasteiger partial charge in [-0.25, -0.2) is 8.78 Å². The lowest BCUT2D eigenvalue weighted by molar-refractivity contribution is -0.137. The molecule has 0 saturated heterocycles. The van der Waals surface area contributed by atoms with E-state index in [1.807, 2.05) is 0 Å². The molecule has 5 heteroatoms. The van der Waals surface area contributed by atoms with Crippen molar-refractivity contribution in [2.75, 3.05) is 0 Å². The van der Waals surface area contributed by atoms with Gasteiger partial charge in [0, 0.05) is 17.5 Å². The third kappa shape index (κ3) is 2.54. The Hall–Kier alpha value is -1.65. The Morgan fingerprint density at radius 2 is 1.94 bits per heavy atom. The summed E-state index contributed by atoms with van der Waals surface area (Å²) >= 11 is 0. The molecule has 1 aromatic rings. The minimum absolute atomic E-state index is 0.141. The van der Waals surface area contributed by atoms with Crippen LogP contribution < -0.4 is 0 Å². The van der Waals surface area contributed by atoms with E-state index in [1.165, 1.54) is 0 Å². The molecule has 2 rings (SSSR count). The fraction of sp³-hybridized carbons (Fsp3) is 0.417. The average Bonchev–Trinajstić information content (AvgIpc) is 3.04. The number of carbonyl (C=O) groups is 1. The smallest absolute Gasteiger partial charge is 0.303 e. The summed E-state index contributed by atoms with van der Waals surface area (Å²) in [5, 5.41) is 18.4. The molecule has 0 radical (unpaired) electrons. The number of aliphatic carboxylic acids is 1. The van der Waals surface area contributed by atoms with Gasteiger partial charge in [0.25, 0.3) is 0 Å². The minimum Gasteiger partial charge on any atom is -0.508 e. The zero-order valence-corrected chi connectivity index (χ0v) is 8.99. The summed E-state index contributed by atoms with van der Waals surface area (Å²) in [5.41, 5.74) is 0.189. The van der Waals surface area contributed by atoms with Crippen molar-refractivity contribution in [2.45, 2.75) is 25.2 Å². The highest BCUT2D eigenvalue weighted by atomic mass is 19.2. The molecule has 1 aliphatic rings. The van der Waals surface area contributed by atoms with Crippen molar-refractivity contribution in [2.24, 2.45) is 5.92 Å². The lowest BCUT2D eigenvalue weighted by Gasteiger charge is -2.16. The first-order valence-electron chi connectivity index (χ1n) is 5.38. The molecule has 1 unspecified atom stereocenters. The summed E-state index contributed by atoms with van der Waals surface area (Å²) in [6.45, 7) is 0. The number of hydrogen-bond donors (Lipinski definition) is 2. The molecule has 1 fully saturated rings. The highest BCUT2D eigenvalue weighted by Crippen LogP contribution is 2.47. The second kappa shape index (κ2) is 4.31. The molecule has 1 saturated carbocycles. The van der Waals surface area contributed by atoms with E-state index in [4.69, 9.17) is 5.11 Å². The molecule has 1 atom stereocenters. The molecule has 0 heterocycles. The molecule has 2 N–H and O–H groups in total. The van der Waals surface area contributed by atoms with Gasteiger partial charge in [-0.1, -0.05) is 0 Å². The van der Waals surface area contributed by atoms with Crippen LogP contribution in [-0.2, 0) is 4.79 Å². The summed E-state index contributed by atoms with van der Waals surface area (Å²) in [5.74, 6) is -3.87. The fourth-order valence-corrected chi connectivity index (χ4v) is 2.07. The lowest BCUT2D eigenvalue weighted by Crippen LogP contribution is -2.09. The molecule has 17 heavy (non-hydrogen) atoms. The van der Waals surface area contributed by atoms with E-state index in [9.17, 15) is 18.7 Å². The van der Waals surface area contributed by atoms with Crippen LogP contribution in [0.2, 0.25) is 0 Å². The van der Waals surface area contributed by atoms with E-state index >= 15 is 0 Å². The molecule has 92 valence electrons. The van der Waals surface area contributed by atoms with Crippen LogP contribution in [0.1, 0.15) is 30.7 Å². The molecular weight excluding hydrogens is 230 g/mol. The van der Waals surface area contributed by atoms with Crippen molar-refractivity contribution in [1.82, 2.24) is 0 Å². The maximum Gasteiger partial charge on any atom is 0.303 e. The quantitative estimate of drug-likeness (QED) is 0.853. The summed E-state index contributed by atoms with van der Waals surface area (Å²) in [6.07, 6.45) is 1.54. The third-order valence-electron chi connectivity index (χ3n) is 3.05. The molecular formula is C12H12F2O3. The minimum atomic E-state index is -1.13. The SMILES string of the molecule is O=C(O)CC(c1cc(F)c(F)cc1O)C1CC1. The Kier molecular flexibility index (Phi) is 3.00. The lowest BCUT2D eigenvalue weighted by atomic mass is 9.90. The molecule has 0 aromatic heterocycles. The molecule has 0 bridgehead atoms. The van der Waals surface area contributed by atoms with E-state index in [-0.39, 0.29) is 23.7 Å². The number of rotatable bonds is 4. The van der Waals surface area contributed by atoms with Gasteiger partial charge in [0.2, 0.25) is 0 Å². The van der Waals surface area contributed by atoms with Gasteiger partial charge in [0.05, 0.1) is 6.42 Å². The normalized spacial score (nSPS) is 16.8. The number of halogens is 2. The van der Waals surface area contributed by atoms with Gasteiger partial charge in [0.15, 0.2) is 11.6 Å². The fourth-order valence-electron chi connectivity index (χ4n) is 2.07. The Labute approximate surface area is 96.7 Å². The number of benzene rings is 1. The van der Waals surface area contributed by atoms with E-state index in [1.54, 1.807) is 0 Å². The van der Waals surface area contributed by atoms with Crippen LogP contribution >= 0.6 is 0 Å². The molecule has 1 aromatic carbocycles. The van der Waals surface area contributed by atoms with Crippen molar-refractivity contribution in [3.63, 3.8) is 0 Å². The van der Waals surface area contributed by atoms with Gasteiger partial charge in [-0.05, 0) is 24.8 Å². The summed E-state index contributed by atoms with van der Waals surface area (Å²) in [6, 6.07) is 1.60. The Balaban J connectivity index is 2.35. The number of carboxylic acid groups (broad SMARTS) is 1. The number of phenols is 1. The van der Waals surface area contributed by atoms with Crippen LogP contribution in [0, 0.1) is 17.6 Å². The van der Waals surface area contributed by atoms with E-state index in [0.29, 0.717) is 6.07 Å². The van der Waals surface area contributed by atoms with Crippen molar-refractivity contribution in [1.29, 1.82) is 0 Å². The Morgan fingerprint density at radius 3 is 2.47 bits per heavy atom. The Morgan fingerprint density at radius 1 is 1.35 bits per heavy atom. The van der Waals surface area contributed by atoms with Crippen molar-refractivity contribution in [3.8, 4) is 5.75 Å². The average molecular weight is 242 g/mol. The first-order valence-corrected chi connectivity index (χ1v) is 5.38. The maximum atomic E-state index is 13.1. The van der Waals surface area contributed by atoms with E-state index in [0.717, 1.165) is 18.9 Å². The summed E-state index contributed by atoms with van der Waals surface area (Å²) < 4.78 is 26.0. The van der Waals surface area contributed by atoms with Gasteiger partial charge in [-0.3, -0.25) is 4.79 Å². The van der Waals surface area contributed by atoms with E-state index < -0.39 is 23.5 Å². The second-order valence-electron chi connectivity index (χ2n) is 4.37. The van der Waals surface area contributed by atoms with E-state index in [2.05, 4.69) is 0 Å². The van der Waals surface area contributed by atoms with Crippen molar-refractivity contribution in [3.05, 3.63) is 29.3 Å². The van der Waals surface area contributed by atoms with Crippen molar-refractivity contribution >= 4 is 5.97 Å². The van der Waals surface area contributed by atoms with Crippen LogP contribution in [0.15, 0.2) is 12.1 Å². The third-order valence-corrected chi connectivity index (χ3v) is 3.05. The van der Waals surface area contributed by atoms with Gasteiger partial charge in [0.1, 0.15) is 5.75 Å². The predicted molar refractivity (Wildman–Crippen MR) is 55.7 cm³/mol. The van der Waals surface area contributed by atoms with Gasteiger partial charge in [-0.2, -0.15) is 0 Å². The van der Waals surface area contributed by atoms with Crippen LogP contribution in [-0.4, -0.2) is 16.2 Å². The summed E-state index contributed by atoms with van der Waals surface area (Å²) in [7, 11) is 0. The second-order valence-corrected chi connectivity index (χ2v) is 4.37. The number of carboxylic acids is 1. The van der Waals surface area contributed by atoms with Crippen LogP contribution in [0.3, 0.4) is 0 Å². The molecule has 1 aliphatic carbocycles. The standard InChI is InChI=1S/C12H12F2O3/c13-9-3-8(11(15)5-10(9)14)7(4-12(16)17)6-1-2-6/h3,5-7,15H,1-2,4H2,(H,16,17). The summed E-state index contributed by atoms with van der Waals surface area (Å²) in [4.78, 5) is 10.7. The van der Waals surface area contributed by atoms with Gasteiger partial charge in [-0.15, -0.1) is 0 Å². The number of aromatic hydroxyl groups is 1. The monoisotopic (exact) mass is 242 g/mol. The van der Waals surface area contributed by atoms with Crippen LogP contribution in [0.5, 0.6) is 5.75 Å². The molecule has 0 spiro atoms. The first kappa shape index (κ1) is 11.8. The predicted octanol–water partition coefficient (Wildman–Crippen LogP) is 2.64. The molecule has 0 aliphatic heterocycles. The number of phenolic OH excluding ortho intramolecular Hbond substituents is 1. The zero-order valence-electron chi connectivity index (χ0n) is 8.99. The highest BCUT2D eigenvalue weighted by molar-refractivity contribution is 5.68. The zero-order chi connectivity index (χ0) is 12.6. The molecule has 3 nitrogen and oxygen atoms in total. The van der Waals surface area contributed by atoms with Gasteiger partial charge < -0.3 is 10.2 Å². The van der Waals surface area contributed by atoms with Crippen molar-refractivity contribution < 1.29 is 23.8 Å². The highest BCUT2D eigenvalue weighted by Gasteiger charge is 2.35. The largest absolute Gasteiger partial charge is 0.508 e. The topological polar surface area (TPSA) is 57.5 Å². The van der Waals surface area contributed by atoms with Crippen LogP contribution in [0.25, 0.3) is 0 Å². The maximum absolute atomic E-state index is 13.1. The Bertz CT molecular complexity index is 455. The first-order chi connectivity index (χ1) is 7.99.